The molecule has 1 amide bonds. The van der Waals surface area contributed by atoms with Crippen LogP contribution < -0.4 is 10.2 Å². The molecular formula is C14H18N2O3. The van der Waals surface area contributed by atoms with E-state index in [-0.39, 0.29) is 24.9 Å². The third-order valence-electron chi connectivity index (χ3n) is 3.28. The number of carbonyl (C=O) groups excluding carboxylic acids is 1. The van der Waals surface area contributed by atoms with Gasteiger partial charge in [0.2, 0.25) is 5.91 Å². The van der Waals surface area contributed by atoms with Crippen molar-refractivity contribution in [1.82, 2.24) is 5.32 Å². The molecule has 0 unspecified atom stereocenters. The number of nitrogens with zero attached hydrogens (tertiary/aromatic N) is 1. The van der Waals surface area contributed by atoms with E-state index in [4.69, 9.17) is 5.11 Å². The van der Waals surface area contributed by atoms with Crippen LogP contribution in [-0.4, -0.2) is 36.1 Å². The lowest BCUT2D eigenvalue weighted by atomic mass is 10.2. The Morgan fingerprint density at radius 1 is 1.32 bits per heavy atom. The Morgan fingerprint density at radius 3 is 2.74 bits per heavy atom. The minimum atomic E-state index is -0.897. The molecule has 1 saturated heterocycles. The van der Waals surface area contributed by atoms with Gasteiger partial charge in [0.15, 0.2) is 0 Å². The van der Waals surface area contributed by atoms with Gasteiger partial charge < -0.3 is 15.3 Å². The number of hydrogen-bond acceptors (Lipinski definition) is 3. The van der Waals surface area contributed by atoms with Gasteiger partial charge >= 0.3 is 5.97 Å². The van der Waals surface area contributed by atoms with Crippen LogP contribution in [0, 0.1) is 0 Å². The first kappa shape index (κ1) is 13.4. The summed E-state index contributed by atoms with van der Waals surface area (Å²) in [6.07, 6.45) is 1.75. The van der Waals surface area contributed by atoms with E-state index in [1.807, 2.05) is 30.3 Å². The fourth-order valence-electron chi connectivity index (χ4n) is 2.38. The van der Waals surface area contributed by atoms with Gasteiger partial charge in [-0.3, -0.25) is 9.59 Å². The second kappa shape index (κ2) is 6.22. The number of carboxylic acid groups (broad SMARTS) is 1. The topological polar surface area (TPSA) is 69.6 Å². The summed E-state index contributed by atoms with van der Waals surface area (Å²) >= 11 is 0. The van der Waals surface area contributed by atoms with Crippen molar-refractivity contribution in [3.05, 3.63) is 30.3 Å². The Hall–Kier alpha value is -2.04. The van der Waals surface area contributed by atoms with Crippen LogP contribution in [0.5, 0.6) is 0 Å². The monoisotopic (exact) mass is 262 g/mol. The van der Waals surface area contributed by atoms with E-state index in [2.05, 4.69) is 10.2 Å². The average molecular weight is 262 g/mol. The molecule has 2 N–H and O–H groups in total. The largest absolute Gasteiger partial charge is 0.481 e. The van der Waals surface area contributed by atoms with Crippen molar-refractivity contribution in [2.45, 2.75) is 25.3 Å². The third kappa shape index (κ3) is 3.47. The van der Waals surface area contributed by atoms with Crippen molar-refractivity contribution in [1.29, 1.82) is 0 Å². The molecule has 1 heterocycles. The van der Waals surface area contributed by atoms with Gasteiger partial charge in [0, 0.05) is 18.8 Å². The number of benzene rings is 1. The zero-order valence-corrected chi connectivity index (χ0v) is 10.7. The quantitative estimate of drug-likeness (QED) is 0.837. The van der Waals surface area contributed by atoms with Gasteiger partial charge in [-0.2, -0.15) is 0 Å². The number of carboxylic acids is 1. The maximum atomic E-state index is 12.1. The summed E-state index contributed by atoms with van der Waals surface area (Å²) in [6.45, 7) is 1.05. The van der Waals surface area contributed by atoms with Crippen LogP contribution >= 0.6 is 0 Å². The summed E-state index contributed by atoms with van der Waals surface area (Å²) in [5.74, 6) is -0.978. The van der Waals surface area contributed by atoms with E-state index >= 15 is 0 Å². The Kier molecular flexibility index (Phi) is 4.39. The lowest BCUT2D eigenvalue weighted by Crippen LogP contribution is -2.43. The van der Waals surface area contributed by atoms with Gasteiger partial charge in [-0.25, -0.2) is 0 Å². The molecule has 1 fully saturated rings. The predicted octanol–water partition coefficient (Wildman–Crippen LogP) is 1.25. The fourth-order valence-corrected chi connectivity index (χ4v) is 2.38. The van der Waals surface area contributed by atoms with Crippen LogP contribution in [0.25, 0.3) is 0 Å². The standard InChI is InChI=1S/C14H18N2O3/c17-13(18)8-9-15-14(19)12-7-4-10-16(12)11-5-2-1-3-6-11/h1-3,5-6,12H,4,7-10H2,(H,15,19)(H,17,18)/t12-/m0/s1. The summed E-state index contributed by atoms with van der Waals surface area (Å²) in [7, 11) is 0. The van der Waals surface area contributed by atoms with Crippen molar-refractivity contribution >= 4 is 17.6 Å². The number of para-hydroxylation sites is 1. The minimum Gasteiger partial charge on any atom is -0.481 e. The number of anilines is 1. The molecular weight excluding hydrogens is 244 g/mol. The zero-order chi connectivity index (χ0) is 13.7. The highest BCUT2D eigenvalue weighted by molar-refractivity contribution is 5.86. The molecule has 5 nitrogen and oxygen atoms in total. The normalized spacial score (nSPS) is 18.3. The van der Waals surface area contributed by atoms with Crippen molar-refractivity contribution < 1.29 is 14.7 Å². The second-order valence-electron chi connectivity index (χ2n) is 4.62. The number of aliphatic carboxylic acids is 1. The van der Waals surface area contributed by atoms with Crippen molar-refractivity contribution in [3.63, 3.8) is 0 Å². The van der Waals surface area contributed by atoms with E-state index < -0.39 is 5.97 Å². The van der Waals surface area contributed by atoms with Crippen LogP contribution in [0.4, 0.5) is 5.69 Å². The number of rotatable bonds is 5. The highest BCUT2D eigenvalue weighted by atomic mass is 16.4. The number of nitrogens with one attached hydrogen (secondary N) is 1. The van der Waals surface area contributed by atoms with Crippen LogP contribution in [-0.2, 0) is 9.59 Å². The summed E-state index contributed by atoms with van der Waals surface area (Å²) in [6, 6.07) is 9.64. The van der Waals surface area contributed by atoms with Gasteiger partial charge in [-0.1, -0.05) is 18.2 Å². The molecule has 0 bridgehead atoms. The molecule has 102 valence electrons. The Labute approximate surface area is 112 Å². The van der Waals surface area contributed by atoms with E-state index in [1.54, 1.807) is 0 Å². The molecule has 0 aliphatic carbocycles. The third-order valence-corrected chi connectivity index (χ3v) is 3.28. The number of carbonyl (C=O) groups is 2. The summed E-state index contributed by atoms with van der Waals surface area (Å²) < 4.78 is 0. The second-order valence-corrected chi connectivity index (χ2v) is 4.62. The Bertz CT molecular complexity index is 447. The summed E-state index contributed by atoms with van der Waals surface area (Å²) in [5.41, 5.74) is 1.04. The average Bonchev–Trinajstić information content (AvgIpc) is 2.88. The molecule has 1 atom stereocenters. The van der Waals surface area contributed by atoms with Crippen LogP contribution in [0.1, 0.15) is 19.3 Å². The Morgan fingerprint density at radius 2 is 2.05 bits per heavy atom. The molecule has 0 spiro atoms. The van der Waals surface area contributed by atoms with E-state index in [0.717, 1.165) is 25.1 Å². The molecule has 0 saturated carbocycles. The first-order chi connectivity index (χ1) is 9.18. The SMILES string of the molecule is O=C(O)CCNC(=O)[C@@H]1CCCN1c1ccccc1. The van der Waals surface area contributed by atoms with Gasteiger partial charge in [0.05, 0.1) is 6.42 Å². The minimum absolute atomic E-state index is 0.0379. The lowest BCUT2D eigenvalue weighted by molar-refractivity contribution is -0.136. The molecule has 2 rings (SSSR count). The molecule has 1 aromatic carbocycles. The maximum Gasteiger partial charge on any atom is 0.305 e. The fraction of sp³-hybridized carbons (Fsp3) is 0.429. The number of hydrogen-bond donors (Lipinski definition) is 2. The van der Waals surface area contributed by atoms with Crippen molar-refractivity contribution in [3.8, 4) is 0 Å². The van der Waals surface area contributed by atoms with Gasteiger partial charge in [0.25, 0.3) is 0 Å². The first-order valence-electron chi connectivity index (χ1n) is 6.49. The lowest BCUT2D eigenvalue weighted by Gasteiger charge is -2.25. The van der Waals surface area contributed by atoms with Crippen LogP contribution in [0.2, 0.25) is 0 Å². The van der Waals surface area contributed by atoms with Crippen molar-refractivity contribution in [2.75, 3.05) is 18.0 Å². The maximum absolute atomic E-state index is 12.1. The molecule has 1 aliphatic heterocycles. The predicted molar refractivity (Wildman–Crippen MR) is 72.1 cm³/mol. The molecule has 1 aromatic rings. The van der Waals surface area contributed by atoms with E-state index in [0.29, 0.717) is 0 Å². The molecule has 5 heteroatoms. The zero-order valence-electron chi connectivity index (χ0n) is 10.7. The first-order valence-corrected chi connectivity index (χ1v) is 6.49. The van der Waals surface area contributed by atoms with Crippen LogP contribution in [0.3, 0.4) is 0 Å². The van der Waals surface area contributed by atoms with Crippen LogP contribution in [0.15, 0.2) is 30.3 Å². The van der Waals surface area contributed by atoms with Gasteiger partial charge in [0.1, 0.15) is 6.04 Å². The highest BCUT2D eigenvalue weighted by Gasteiger charge is 2.30. The van der Waals surface area contributed by atoms with E-state index in [9.17, 15) is 9.59 Å². The molecule has 19 heavy (non-hydrogen) atoms. The molecule has 0 aromatic heterocycles. The Balaban J connectivity index is 1.95. The van der Waals surface area contributed by atoms with Crippen molar-refractivity contribution in [2.24, 2.45) is 0 Å². The smallest absolute Gasteiger partial charge is 0.305 e. The molecule has 0 radical (unpaired) electrons. The summed E-state index contributed by atoms with van der Waals surface area (Å²) in [5, 5.41) is 11.3. The van der Waals surface area contributed by atoms with Gasteiger partial charge in [-0.15, -0.1) is 0 Å². The van der Waals surface area contributed by atoms with Gasteiger partial charge in [-0.05, 0) is 25.0 Å². The summed E-state index contributed by atoms with van der Waals surface area (Å²) in [4.78, 5) is 24.6. The highest BCUT2D eigenvalue weighted by Crippen LogP contribution is 2.25. The van der Waals surface area contributed by atoms with E-state index in [1.165, 1.54) is 0 Å². The molecule has 1 aliphatic rings. The number of amides is 1.